The van der Waals surface area contributed by atoms with E-state index in [0.29, 0.717) is 0 Å². The number of alkyl halides is 3. The van der Waals surface area contributed by atoms with Gasteiger partial charge in [0, 0.05) is 6.07 Å². The van der Waals surface area contributed by atoms with Crippen LogP contribution in [0.4, 0.5) is 23.2 Å². The van der Waals surface area contributed by atoms with Crippen LogP contribution in [0.2, 0.25) is 0 Å². The standard InChI is InChI=1S/C14H9F4NO/c15-12-7-3-1-5-10(12)9-19(20)13-8-4-2-6-11(13)14(16,17)18/h1-9H. The molecule has 0 aliphatic carbocycles. The number of rotatable bonds is 2. The quantitative estimate of drug-likeness (QED) is 0.268. The summed E-state index contributed by atoms with van der Waals surface area (Å²) in [7, 11) is 0. The molecular weight excluding hydrogens is 274 g/mol. The lowest BCUT2D eigenvalue weighted by atomic mass is 10.1. The topological polar surface area (TPSA) is 26.1 Å². The lowest BCUT2D eigenvalue weighted by Gasteiger charge is -2.11. The zero-order chi connectivity index (χ0) is 14.8. The zero-order valence-electron chi connectivity index (χ0n) is 10.1. The van der Waals surface area contributed by atoms with Gasteiger partial charge in [-0.2, -0.15) is 17.9 Å². The lowest BCUT2D eigenvalue weighted by Crippen LogP contribution is -2.10. The van der Waals surface area contributed by atoms with Gasteiger partial charge in [0.1, 0.15) is 11.4 Å². The van der Waals surface area contributed by atoms with Crippen LogP contribution in [0.1, 0.15) is 11.1 Å². The first-order valence-corrected chi connectivity index (χ1v) is 5.61. The molecule has 2 nitrogen and oxygen atoms in total. The highest BCUT2D eigenvalue weighted by Gasteiger charge is 2.36. The van der Waals surface area contributed by atoms with Gasteiger partial charge in [0.2, 0.25) is 5.69 Å². The number of hydrogen-bond donors (Lipinski definition) is 0. The monoisotopic (exact) mass is 283 g/mol. The van der Waals surface area contributed by atoms with Crippen LogP contribution in [0.3, 0.4) is 0 Å². The highest BCUT2D eigenvalue weighted by molar-refractivity contribution is 5.77. The Morgan fingerprint density at radius 2 is 1.55 bits per heavy atom. The average molecular weight is 283 g/mol. The Morgan fingerprint density at radius 1 is 0.950 bits per heavy atom. The van der Waals surface area contributed by atoms with Crippen LogP contribution in [0.15, 0.2) is 48.5 Å². The molecule has 0 aliphatic rings. The fraction of sp³-hybridized carbons (Fsp3) is 0.0714. The van der Waals surface area contributed by atoms with Crippen LogP contribution in [-0.2, 0) is 6.18 Å². The highest BCUT2D eigenvalue weighted by Crippen LogP contribution is 2.35. The number of nitrogens with zero attached hydrogens (tertiary/aromatic N) is 1. The maximum absolute atomic E-state index is 13.4. The van der Waals surface area contributed by atoms with Crippen molar-refractivity contribution in [1.29, 1.82) is 0 Å². The van der Waals surface area contributed by atoms with Gasteiger partial charge in [0.05, 0.1) is 5.56 Å². The number of hydrogen-bond acceptors (Lipinski definition) is 1. The predicted molar refractivity (Wildman–Crippen MR) is 66.3 cm³/mol. The van der Waals surface area contributed by atoms with Gasteiger partial charge in [0.25, 0.3) is 0 Å². The first-order valence-electron chi connectivity index (χ1n) is 5.61. The third-order valence-corrected chi connectivity index (χ3v) is 2.61. The van der Waals surface area contributed by atoms with Gasteiger partial charge in [-0.15, -0.1) is 0 Å². The zero-order valence-corrected chi connectivity index (χ0v) is 10.1. The third kappa shape index (κ3) is 2.96. The Bertz CT molecular complexity index is 650. The largest absolute Gasteiger partial charge is 0.618 e. The maximum atomic E-state index is 13.4. The summed E-state index contributed by atoms with van der Waals surface area (Å²) in [5.74, 6) is -0.683. The molecule has 20 heavy (non-hydrogen) atoms. The van der Waals surface area contributed by atoms with Gasteiger partial charge < -0.3 is 5.21 Å². The molecule has 0 aromatic heterocycles. The Balaban J connectivity index is 2.50. The van der Waals surface area contributed by atoms with E-state index in [1.165, 1.54) is 30.3 Å². The fourth-order valence-corrected chi connectivity index (χ4v) is 1.68. The molecule has 2 rings (SSSR count). The maximum Gasteiger partial charge on any atom is 0.422 e. The molecule has 2 aromatic rings. The molecule has 0 spiro atoms. The molecule has 0 amide bonds. The second-order valence-corrected chi connectivity index (χ2v) is 3.99. The minimum atomic E-state index is -4.65. The molecule has 0 bridgehead atoms. The van der Waals surface area contributed by atoms with Crippen molar-refractivity contribution in [3.63, 3.8) is 0 Å². The van der Waals surface area contributed by atoms with Crippen molar-refractivity contribution in [1.82, 2.24) is 0 Å². The molecule has 104 valence electrons. The van der Waals surface area contributed by atoms with Crippen molar-refractivity contribution < 1.29 is 22.3 Å². The Kier molecular flexibility index (Phi) is 3.74. The van der Waals surface area contributed by atoms with Crippen molar-refractivity contribution >= 4 is 11.9 Å². The van der Waals surface area contributed by atoms with Gasteiger partial charge in [0.15, 0.2) is 6.21 Å². The minimum absolute atomic E-state index is 0.0151. The van der Waals surface area contributed by atoms with E-state index in [1.807, 2.05) is 0 Å². The summed E-state index contributed by atoms with van der Waals surface area (Å²) < 4.78 is 51.7. The average Bonchev–Trinajstić information content (AvgIpc) is 2.40. The lowest BCUT2D eigenvalue weighted by molar-refractivity contribution is -0.358. The Morgan fingerprint density at radius 3 is 2.20 bits per heavy atom. The molecule has 0 radical (unpaired) electrons. The van der Waals surface area contributed by atoms with Crippen LogP contribution in [0.5, 0.6) is 0 Å². The van der Waals surface area contributed by atoms with Gasteiger partial charge in [-0.1, -0.05) is 24.3 Å². The summed E-state index contributed by atoms with van der Waals surface area (Å²) in [4.78, 5) is 0. The van der Waals surface area contributed by atoms with E-state index in [1.54, 1.807) is 0 Å². The Labute approximate surface area is 112 Å². The molecule has 0 saturated heterocycles. The van der Waals surface area contributed by atoms with Crippen LogP contribution < -0.4 is 0 Å². The fourth-order valence-electron chi connectivity index (χ4n) is 1.68. The van der Waals surface area contributed by atoms with Crippen molar-refractivity contribution in [2.75, 3.05) is 0 Å². The number of halogens is 4. The molecular formula is C14H9F4NO. The van der Waals surface area contributed by atoms with Gasteiger partial charge in [-0.05, 0) is 18.2 Å². The summed E-state index contributed by atoms with van der Waals surface area (Å²) in [5, 5.41) is 11.8. The summed E-state index contributed by atoms with van der Waals surface area (Å²) in [6.07, 6.45) is -3.87. The van der Waals surface area contributed by atoms with E-state index in [4.69, 9.17) is 0 Å². The van der Waals surface area contributed by atoms with Crippen molar-refractivity contribution in [3.8, 4) is 0 Å². The van der Waals surface area contributed by atoms with Gasteiger partial charge in [-0.3, -0.25) is 0 Å². The summed E-state index contributed by atoms with van der Waals surface area (Å²) in [6.45, 7) is 0. The van der Waals surface area contributed by atoms with Crippen molar-refractivity contribution in [2.45, 2.75) is 6.18 Å². The van der Waals surface area contributed by atoms with Gasteiger partial charge in [-0.25, -0.2) is 4.39 Å². The molecule has 2 aromatic carbocycles. The first kappa shape index (κ1) is 14.0. The predicted octanol–water partition coefficient (Wildman–Crippen LogP) is 4.11. The van der Waals surface area contributed by atoms with Crippen LogP contribution in [0.25, 0.3) is 0 Å². The van der Waals surface area contributed by atoms with Crippen LogP contribution >= 0.6 is 0 Å². The SMILES string of the molecule is [O-][N+](=Cc1ccccc1F)c1ccccc1C(F)(F)F. The summed E-state index contributed by atoms with van der Waals surface area (Å²) >= 11 is 0. The number of benzene rings is 2. The molecule has 0 N–H and O–H groups in total. The van der Waals surface area contributed by atoms with Crippen LogP contribution in [0, 0.1) is 11.0 Å². The molecule has 0 saturated carbocycles. The molecule has 0 atom stereocenters. The highest BCUT2D eigenvalue weighted by atomic mass is 19.4. The number of para-hydroxylation sites is 1. The molecule has 0 unspecified atom stereocenters. The van der Waals surface area contributed by atoms with E-state index < -0.39 is 23.2 Å². The van der Waals surface area contributed by atoms with E-state index in [2.05, 4.69) is 0 Å². The summed E-state index contributed by atoms with van der Waals surface area (Å²) in [6, 6.07) is 9.66. The molecule has 0 aliphatic heterocycles. The normalized spacial score (nSPS) is 12.5. The van der Waals surface area contributed by atoms with E-state index in [9.17, 15) is 22.8 Å². The minimum Gasteiger partial charge on any atom is -0.618 e. The summed E-state index contributed by atoms with van der Waals surface area (Å²) in [5.41, 5.74) is -1.73. The van der Waals surface area contributed by atoms with Crippen molar-refractivity contribution in [2.24, 2.45) is 0 Å². The second-order valence-electron chi connectivity index (χ2n) is 3.99. The molecule has 0 heterocycles. The van der Waals surface area contributed by atoms with Crippen LogP contribution in [-0.4, -0.2) is 11.0 Å². The first-order chi connectivity index (χ1) is 9.39. The van der Waals surface area contributed by atoms with E-state index in [-0.39, 0.29) is 10.3 Å². The smallest absolute Gasteiger partial charge is 0.422 e. The molecule has 0 fully saturated rings. The van der Waals surface area contributed by atoms with Crippen molar-refractivity contribution in [3.05, 3.63) is 70.7 Å². The third-order valence-electron chi connectivity index (χ3n) is 2.61. The van der Waals surface area contributed by atoms with E-state index >= 15 is 0 Å². The second kappa shape index (κ2) is 5.32. The van der Waals surface area contributed by atoms with E-state index in [0.717, 1.165) is 24.4 Å². The molecule has 6 heteroatoms. The Hall–Kier alpha value is -2.37. The van der Waals surface area contributed by atoms with Gasteiger partial charge >= 0.3 is 6.18 Å².